The lowest BCUT2D eigenvalue weighted by Crippen LogP contribution is -2.24. The highest BCUT2D eigenvalue weighted by atomic mass is 16.5. The van der Waals surface area contributed by atoms with Crippen LogP contribution < -0.4 is 0 Å². The molecule has 0 bridgehead atoms. The van der Waals surface area contributed by atoms with E-state index in [0.717, 1.165) is 44.9 Å². The Morgan fingerprint density at radius 2 is 1.35 bits per heavy atom. The normalized spacial score (nSPS) is 13.7. The first-order chi connectivity index (χ1) is 12.6. The molecule has 0 radical (unpaired) electrons. The number of unbranched alkanes of at least 4 members (excludes halogenated alkanes) is 10. The van der Waals surface area contributed by atoms with Gasteiger partial charge in [-0.15, -0.1) is 0 Å². The predicted molar refractivity (Wildman–Crippen MR) is 105 cm³/mol. The topological polar surface area (TPSA) is 87.0 Å². The molecule has 5 nitrogen and oxygen atoms in total. The van der Waals surface area contributed by atoms with Gasteiger partial charge in [-0.25, -0.2) is 0 Å². The maximum absolute atomic E-state index is 10.4. The number of aliphatic hydroxyl groups is 2. The van der Waals surface area contributed by atoms with Crippen molar-refractivity contribution in [2.75, 3.05) is 13.2 Å². The smallest absolute Gasteiger partial charge is 0.303 e. The molecule has 0 fully saturated rings. The summed E-state index contributed by atoms with van der Waals surface area (Å²) in [5.74, 6) is -0.683. The van der Waals surface area contributed by atoms with Crippen LogP contribution in [0.3, 0.4) is 0 Å². The Bertz CT molecular complexity index is 309. The predicted octanol–water partition coefficient (Wildman–Crippen LogP) is 4.68. The summed E-state index contributed by atoms with van der Waals surface area (Å²) in [6.45, 7) is 2.17. The molecule has 0 aromatic rings. The van der Waals surface area contributed by atoms with Crippen LogP contribution >= 0.6 is 0 Å². The van der Waals surface area contributed by atoms with Crippen molar-refractivity contribution in [3.8, 4) is 0 Å². The second-order valence-electron chi connectivity index (χ2n) is 7.40. The van der Waals surface area contributed by atoms with Crippen LogP contribution in [0.2, 0.25) is 0 Å². The molecule has 0 aliphatic heterocycles. The number of aliphatic carboxylic acids is 1. The first kappa shape index (κ1) is 25.4. The van der Waals surface area contributed by atoms with Crippen LogP contribution in [0.4, 0.5) is 0 Å². The van der Waals surface area contributed by atoms with Crippen molar-refractivity contribution >= 4 is 5.97 Å². The fourth-order valence-corrected chi connectivity index (χ4v) is 3.11. The van der Waals surface area contributed by atoms with E-state index in [2.05, 4.69) is 6.92 Å². The fraction of sp³-hybridized carbons (Fsp3) is 0.952. The van der Waals surface area contributed by atoms with Gasteiger partial charge in [0, 0.05) is 6.42 Å². The van der Waals surface area contributed by atoms with Crippen molar-refractivity contribution in [1.82, 2.24) is 0 Å². The van der Waals surface area contributed by atoms with Crippen LogP contribution in [0.25, 0.3) is 0 Å². The van der Waals surface area contributed by atoms with Gasteiger partial charge in [0.1, 0.15) is 6.10 Å². The third-order valence-electron chi connectivity index (χ3n) is 4.78. The average Bonchev–Trinajstić information content (AvgIpc) is 2.63. The average molecular weight is 375 g/mol. The number of carboxylic acid groups (broad SMARTS) is 1. The van der Waals surface area contributed by atoms with Crippen LogP contribution in [0.5, 0.6) is 0 Å². The second kappa shape index (κ2) is 19.1. The third kappa shape index (κ3) is 18.2. The summed E-state index contributed by atoms with van der Waals surface area (Å²) < 4.78 is 5.76. The maximum atomic E-state index is 10.4. The zero-order valence-corrected chi connectivity index (χ0v) is 16.8. The molecule has 3 N–H and O–H groups in total. The lowest BCUT2D eigenvalue weighted by molar-refractivity contribution is -0.137. The highest BCUT2D eigenvalue weighted by molar-refractivity contribution is 5.66. The molecular formula is C21H42O5. The number of hydrogen-bond acceptors (Lipinski definition) is 4. The fourth-order valence-electron chi connectivity index (χ4n) is 3.11. The molecule has 0 saturated heterocycles. The van der Waals surface area contributed by atoms with Crippen LogP contribution in [-0.4, -0.2) is 46.7 Å². The first-order valence-corrected chi connectivity index (χ1v) is 10.7. The van der Waals surface area contributed by atoms with Crippen LogP contribution in [0.1, 0.15) is 103 Å². The lowest BCUT2D eigenvalue weighted by Gasteiger charge is -2.19. The second-order valence-corrected chi connectivity index (χ2v) is 7.40. The first-order valence-electron chi connectivity index (χ1n) is 10.7. The highest BCUT2D eigenvalue weighted by Gasteiger charge is 2.11. The number of rotatable bonds is 20. The molecule has 156 valence electrons. The number of carboxylic acids is 1. The number of hydrogen-bond donors (Lipinski definition) is 3. The van der Waals surface area contributed by atoms with Gasteiger partial charge in [-0.3, -0.25) is 4.79 Å². The zero-order valence-electron chi connectivity index (χ0n) is 16.8. The molecule has 0 rings (SSSR count). The summed E-state index contributed by atoms with van der Waals surface area (Å²) in [5, 5.41) is 26.9. The number of aliphatic hydroxyl groups excluding tert-OH is 2. The van der Waals surface area contributed by atoms with Crippen molar-refractivity contribution in [3.05, 3.63) is 0 Å². The molecule has 2 atom stereocenters. The summed E-state index contributed by atoms with van der Waals surface area (Å²) in [5.41, 5.74) is 0. The summed E-state index contributed by atoms with van der Waals surface area (Å²) in [4.78, 5) is 10.4. The molecule has 0 aromatic heterocycles. The number of ether oxygens (including phenoxy) is 1. The van der Waals surface area contributed by atoms with Gasteiger partial charge in [0.15, 0.2) is 0 Å². The molecular weight excluding hydrogens is 332 g/mol. The van der Waals surface area contributed by atoms with E-state index in [9.17, 15) is 9.90 Å². The molecule has 2 unspecified atom stereocenters. The Hall–Kier alpha value is -0.650. The minimum absolute atomic E-state index is 0.210. The minimum atomic E-state index is -0.761. The molecule has 0 heterocycles. The molecule has 0 aliphatic carbocycles. The summed E-state index contributed by atoms with van der Waals surface area (Å²) in [6, 6.07) is 0. The largest absolute Gasteiger partial charge is 0.481 e. The van der Waals surface area contributed by atoms with Gasteiger partial charge in [0.25, 0.3) is 0 Å². The molecule has 0 aromatic carbocycles. The summed E-state index contributed by atoms with van der Waals surface area (Å²) in [7, 11) is 0. The Balaban J connectivity index is 3.49. The van der Waals surface area contributed by atoms with Gasteiger partial charge >= 0.3 is 5.97 Å². The van der Waals surface area contributed by atoms with Crippen molar-refractivity contribution < 1.29 is 24.9 Å². The van der Waals surface area contributed by atoms with Gasteiger partial charge < -0.3 is 20.1 Å². The molecule has 0 spiro atoms. The van der Waals surface area contributed by atoms with E-state index in [0.29, 0.717) is 6.42 Å². The minimum Gasteiger partial charge on any atom is -0.481 e. The van der Waals surface area contributed by atoms with Crippen molar-refractivity contribution in [2.45, 2.75) is 115 Å². The monoisotopic (exact) mass is 374 g/mol. The summed E-state index contributed by atoms with van der Waals surface area (Å²) in [6.07, 6.45) is 15.8. The van der Waals surface area contributed by atoms with Crippen molar-refractivity contribution in [3.63, 3.8) is 0 Å². The van der Waals surface area contributed by atoms with Gasteiger partial charge in [0.2, 0.25) is 0 Å². The van der Waals surface area contributed by atoms with Gasteiger partial charge in [0.05, 0.1) is 19.3 Å². The van der Waals surface area contributed by atoms with E-state index >= 15 is 0 Å². The molecule has 5 heteroatoms. The van der Waals surface area contributed by atoms with E-state index in [1.165, 1.54) is 44.9 Å². The van der Waals surface area contributed by atoms with Crippen molar-refractivity contribution in [1.29, 1.82) is 0 Å². The standard InChI is InChI=1S/C21H42O5/c1-2-3-14-20(26-18-19(23)17-22)15-12-10-8-6-4-5-7-9-11-13-16-21(24)25/h19-20,22-23H,2-18H2,1H3,(H,24,25). The molecule has 0 amide bonds. The van der Waals surface area contributed by atoms with Crippen molar-refractivity contribution in [2.24, 2.45) is 0 Å². The van der Waals surface area contributed by atoms with E-state index in [-0.39, 0.29) is 19.3 Å². The number of carbonyl (C=O) groups is 1. The van der Waals surface area contributed by atoms with Gasteiger partial charge in [-0.2, -0.15) is 0 Å². The Labute approximate surface area is 160 Å². The van der Waals surface area contributed by atoms with Gasteiger partial charge in [-0.05, 0) is 19.3 Å². The zero-order chi connectivity index (χ0) is 19.5. The van der Waals surface area contributed by atoms with E-state index in [4.69, 9.17) is 14.9 Å². The quantitative estimate of drug-likeness (QED) is 0.269. The van der Waals surface area contributed by atoms with Crippen LogP contribution in [0, 0.1) is 0 Å². The Morgan fingerprint density at radius 1 is 0.846 bits per heavy atom. The highest BCUT2D eigenvalue weighted by Crippen LogP contribution is 2.16. The van der Waals surface area contributed by atoms with Crippen LogP contribution in [0.15, 0.2) is 0 Å². The van der Waals surface area contributed by atoms with E-state index < -0.39 is 12.1 Å². The Kier molecular flexibility index (Phi) is 18.6. The molecule has 0 aliphatic rings. The Morgan fingerprint density at radius 3 is 1.85 bits per heavy atom. The third-order valence-corrected chi connectivity index (χ3v) is 4.78. The van der Waals surface area contributed by atoms with E-state index in [1.54, 1.807) is 0 Å². The maximum Gasteiger partial charge on any atom is 0.303 e. The van der Waals surface area contributed by atoms with Gasteiger partial charge in [-0.1, -0.05) is 77.6 Å². The van der Waals surface area contributed by atoms with E-state index in [1.807, 2.05) is 0 Å². The lowest BCUT2D eigenvalue weighted by atomic mass is 10.0. The summed E-state index contributed by atoms with van der Waals surface area (Å²) >= 11 is 0. The molecule has 26 heavy (non-hydrogen) atoms. The molecule has 0 saturated carbocycles. The van der Waals surface area contributed by atoms with Crippen LogP contribution in [-0.2, 0) is 9.53 Å². The SMILES string of the molecule is CCCCC(CCCCCCCCCCCCC(=O)O)OCC(O)CO.